The summed E-state index contributed by atoms with van der Waals surface area (Å²) in [7, 11) is 1.50. The molecule has 0 bridgehead atoms. The number of methoxy groups -OCH3 is 1. The summed E-state index contributed by atoms with van der Waals surface area (Å²) in [5.41, 5.74) is 6.90. The molecule has 188 valence electrons. The molecule has 4 aromatic rings. The van der Waals surface area contributed by atoms with Gasteiger partial charge in [0, 0.05) is 42.3 Å². The fraction of sp³-hybridized carbons (Fsp3) is 0.207. The van der Waals surface area contributed by atoms with Crippen LogP contribution in [-0.2, 0) is 9.53 Å². The highest BCUT2D eigenvalue weighted by Crippen LogP contribution is 2.43. The van der Waals surface area contributed by atoms with Gasteiger partial charge in [-0.05, 0) is 85.7 Å². The summed E-state index contributed by atoms with van der Waals surface area (Å²) in [5, 5.41) is 7.05. The highest BCUT2D eigenvalue weighted by Gasteiger charge is 2.42. The summed E-state index contributed by atoms with van der Waals surface area (Å²) in [6.45, 7) is 4.09. The maximum atomic E-state index is 12.1. The van der Waals surface area contributed by atoms with Crippen molar-refractivity contribution in [1.29, 1.82) is 0 Å². The number of hydrogen-bond donors (Lipinski definition) is 2. The number of carbonyl (C=O) groups excluding carboxylic acids is 1. The van der Waals surface area contributed by atoms with Gasteiger partial charge in [0.2, 0.25) is 5.91 Å². The number of para-hydroxylation sites is 1. The normalized spacial score (nSPS) is 17.1. The Morgan fingerprint density at radius 1 is 1.05 bits per heavy atom. The fourth-order valence-electron chi connectivity index (χ4n) is 4.88. The van der Waals surface area contributed by atoms with Crippen LogP contribution in [0.4, 0.5) is 11.4 Å². The molecule has 1 aliphatic heterocycles. The third kappa shape index (κ3) is 4.85. The Morgan fingerprint density at radius 2 is 1.86 bits per heavy atom. The summed E-state index contributed by atoms with van der Waals surface area (Å²) in [6.07, 6.45) is 3.90. The van der Waals surface area contributed by atoms with Gasteiger partial charge in [0.05, 0.1) is 11.7 Å². The number of aromatic nitrogens is 2. The molecule has 3 heterocycles. The number of anilines is 2. The molecule has 2 aromatic carbocycles. The molecular weight excluding hydrogens is 482 g/mol. The van der Waals surface area contributed by atoms with E-state index in [1.54, 1.807) is 0 Å². The van der Waals surface area contributed by atoms with Crippen molar-refractivity contribution in [2.75, 3.05) is 23.9 Å². The predicted molar refractivity (Wildman–Crippen MR) is 150 cm³/mol. The Balaban J connectivity index is 1.60. The van der Waals surface area contributed by atoms with E-state index in [-0.39, 0.29) is 24.6 Å². The predicted octanol–water partition coefficient (Wildman–Crippen LogP) is 5.25. The molecule has 0 radical (unpaired) electrons. The number of rotatable bonds is 7. The summed E-state index contributed by atoms with van der Waals surface area (Å²) in [5.74, 6) is -0.194. The van der Waals surface area contributed by atoms with Crippen molar-refractivity contribution in [3.63, 3.8) is 0 Å². The molecule has 5 rings (SSSR count). The Hall–Kier alpha value is -4.01. The van der Waals surface area contributed by atoms with Crippen LogP contribution in [0.1, 0.15) is 34.6 Å². The second-order valence-corrected chi connectivity index (χ2v) is 9.45. The molecular formula is C29H29N5O2S. The van der Waals surface area contributed by atoms with Crippen molar-refractivity contribution in [3.8, 4) is 5.69 Å². The number of aryl methyl sites for hydroxylation is 2. The van der Waals surface area contributed by atoms with E-state index in [2.05, 4.69) is 68.5 Å². The zero-order chi connectivity index (χ0) is 25.9. The molecule has 37 heavy (non-hydrogen) atoms. The lowest BCUT2D eigenvalue weighted by Gasteiger charge is -2.29. The largest absolute Gasteiger partial charge is 0.375 e. The van der Waals surface area contributed by atoms with Crippen molar-refractivity contribution >= 4 is 34.6 Å². The van der Waals surface area contributed by atoms with E-state index in [4.69, 9.17) is 17.0 Å². The molecule has 1 fully saturated rings. The third-order valence-corrected chi connectivity index (χ3v) is 6.91. The molecule has 2 atom stereocenters. The fourth-order valence-corrected chi connectivity index (χ4v) is 5.22. The van der Waals surface area contributed by atoms with Crippen molar-refractivity contribution < 1.29 is 9.53 Å². The second-order valence-electron chi connectivity index (χ2n) is 9.07. The zero-order valence-corrected chi connectivity index (χ0v) is 21.8. The van der Waals surface area contributed by atoms with Gasteiger partial charge in [0.15, 0.2) is 5.11 Å². The van der Waals surface area contributed by atoms with Gasteiger partial charge in [-0.3, -0.25) is 9.78 Å². The first-order chi connectivity index (χ1) is 18.0. The SMILES string of the molecule is COCC(=O)Nc1ccc(N2C(=S)N[C@H](c3ccccn3)[C@H]2c2cccn2-c2ccccc2C)cc1C. The molecule has 1 saturated heterocycles. The summed E-state index contributed by atoms with van der Waals surface area (Å²) in [6, 6.07) is 24.1. The van der Waals surface area contributed by atoms with Gasteiger partial charge in [0.25, 0.3) is 0 Å². The van der Waals surface area contributed by atoms with E-state index in [9.17, 15) is 4.79 Å². The lowest BCUT2D eigenvalue weighted by molar-refractivity contribution is -0.119. The van der Waals surface area contributed by atoms with Gasteiger partial charge < -0.3 is 24.8 Å². The number of pyridine rings is 1. The molecule has 1 amide bonds. The average molecular weight is 512 g/mol. The Morgan fingerprint density at radius 3 is 2.59 bits per heavy atom. The van der Waals surface area contributed by atoms with Crippen LogP contribution < -0.4 is 15.5 Å². The number of amides is 1. The van der Waals surface area contributed by atoms with Crippen LogP contribution in [-0.4, -0.2) is 34.3 Å². The molecule has 0 unspecified atom stereocenters. The Kier molecular flexibility index (Phi) is 7.03. The Bertz CT molecular complexity index is 1440. The summed E-state index contributed by atoms with van der Waals surface area (Å²) >= 11 is 5.91. The van der Waals surface area contributed by atoms with Gasteiger partial charge >= 0.3 is 0 Å². The van der Waals surface area contributed by atoms with Gasteiger partial charge in [-0.25, -0.2) is 0 Å². The number of nitrogens with zero attached hydrogens (tertiary/aromatic N) is 3. The maximum Gasteiger partial charge on any atom is 0.250 e. The quantitative estimate of drug-likeness (QED) is 0.330. The van der Waals surface area contributed by atoms with E-state index in [0.717, 1.165) is 34.0 Å². The van der Waals surface area contributed by atoms with E-state index in [1.165, 1.54) is 12.7 Å². The molecule has 0 spiro atoms. The molecule has 7 nitrogen and oxygen atoms in total. The van der Waals surface area contributed by atoms with Gasteiger partial charge in [0.1, 0.15) is 12.6 Å². The minimum absolute atomic E-state index is 0.00500. The number of nitrogens with one attached hydrogen (secondary N) is 2. The Labute approximate surface area is 222 Å². The monoisotopic (exact) mass is 511 g/mol. The third-order valence-electron chi connectivity index (χ3n) is 6.59. The van der Waals surface area contributed by atoms with Crippen LogP contribution in [0.25, 0.3) is 5.69 Å². The van der Waals surface area contributed by atoms with E-state index in [1.807, 2.05) is 55.6 Å². The van der Waals surface area contributed by atoms with Crippen LogP contribution in [0, 0.1) is 13.8 Å². The summed E-state index contributed by atoms with van der Waals surface area (Å²) in [4.78, 5) is 18.9. The van der Waals surface area contributed by atoms with Crippen LogP contribution in [0.15, 0.2) is 85.2 Å². The minimum atomic E-state index is -0.194. The molecule has 0 saturated carbocycles. The first kappa shape index (κ1) is 24.7. The molecule has 2 N–H and O–H groups in total. The van der Waals surface area contributed by atoms with Crippen LogP contribution >= 0.6 is 12.2 Å². The van der Waals surface area contributed by atoms with E-state index in [0.29, 0.717) is 5.11 Å². The highest BCUT2D eigenvalue weighted by atomic mass is 32.1. The number of hydrogen-bond acceptors (Lipinski definition) is 4. The standard InChI is InChI=1S/C29H29N5O2S/c1-19-9-4-5-11-24(19)33-16-8-12-25(33)28-27(23-10-6-7-15-30-23)32-29(37)34(28)21-13-14-22(20(2)17-21)31-26(35)18-36-3/h4-17,27-28H,18H2,1-3H3,(H,31,35)(H,32,37)/t27-,28-/m1/s1. The second kappa shape index (κ2) is 10.5. The first-order valence-corrected chi connectivity index (χ1v) is 12.5. The van der Waals surface area contributed by atoms with E-state index >= 15 is 0 Å². The van der Waals surface area contributed by atoms with E-state index < -0.39 is 0 Å². The smallest absolute Gasteiger partial charge is 0.250 e. The summed E-state index contributed by atoms with van der Waals surface area (Å²) < 4.78 is 7.17. The van der Waals surface area contributed by atoms with Crippen LogP contribution in [0.2, 0.25) is 0 Å². The van der Waals surface area contributed by atoms with Gasteiger partial charge in [-0.15, -0.1) is 0 Å². The minimum Gasteiger partial charge on any atom is -0.375 e. The molecule has 0 aliphatic carbocycles. The average Bonchev–Trinajstić information content (AvgIpc) is 3.50. The lowest BCUT2D eigenvalue weighted by Crippen LogP contribution is -2.30. The van der Waals surface area contributed by atoms with Crippen molar-refractivity contribution in [2.45, 2.75) is 25.9 Å². The van der Waals surface area contributed by atoms with Crippen molar-refractivity contribution in [1.82, 2.24) is 14.9 Å². The zero-order valence-electron chi connectivity index (χ0n) is 21.0. The topological polar surface area (TPSA) is 71.4 Å². The molecule has 1 aliphatic rings. The number of benzene rings is 2. The maximum absolute atomic E-state index is 12.1. The van der Waals surface area contributed by atoms with Crippen LogP contribution in [0.5, 0.6) is 0 Å². The van der Waals surface area contributed by atoms with Crippen molar-refractivity contribution in [3.05, 3.63) is 108 Å². The molecule has 2 aromatic heterocycles. The number of carbonyl (C=O) groups is 1. The highest BCUT2D eigenvalue weighted by molar-refractivity contribution is 7.80. The van der Waals surface area contributed by atoms with Crippen molar-refractivity contribution in [2.24, 2.45) is 0 Å². The number of thiocarbonyl (C=S) groups is 1. The molecule has 8 heteroatoms. The number of ether oxygens (including phenoxy) is 1. The van der Waals surface area contributed by atoms with Crippen LogP contribution in [0.3, 0.4) is 0 Å². The van der Waals surface area contributed by atoms with Gasteiger partial charge in [-0.2, -0.15) is 0 Å². The lowest BCUT2D eigenvalue weighted by atomic mass is 10.00. The first-order valence-electron chi connectivity index (χ1n) is 12.1. The van der Waals surface area contributed by atoms with Gasteiger partial charge in [-0.1, -0.05) is 24.3 Å².